The van der Waals surface area contributed by atoms with Gasteiger partial charge in [0, 0.05) is 13.6 Å². The summed E-state index contributed by atoms with van der Waals surface area (Å²) in [5, 5.41) is 2.16. The zero-order valence-corrected chi connectivity index (χ0v) is 20.3. The SMILES string of the molecule is CNC(=O)[C@H](C)N(CCc1ccccc1)C(=O)CN(c1cc(C(F)(F)F)ccc1Cl)S(C)(=O)=O. The molecule has 2 aromatic rings. The molecule has 0 aromatic heterocycles. The van der Waals surface area contributed by atoms with E-state index in [-0.39, 0.29) is 11.6 Å². The minimum Gasteiger partial charge on any atom is -0.357 e. The number of rotatable bonds is 9. The van der Waals surface area contributed by atoms with E-state index in [9.17, 15) is 31.2 Å². The van der Waals surface area contributed by atoms with Crippen molar-refractivity contribution < 1.29 is 31.2 Å². The molecule has 0 heterocycles. The quantitative estimate of drug-likeness (QED) is 0.550. The second-order valence-electron chi connectivity index (χ2n) is 7.55. The maximum atomic E-state index is 13.2. The topological polar surface area (TPSA) is 86.8 Å². The number of nitrogens with one attached hydrogen (secondary N) is 1. The van der Waals surface area contributed by atoms with E-state index in [1.807, 2.05) is 30.3 Å². The summed E-state index contributed by atoms with van der Waals surface area (Å²) in [4.78, 5) is 26.7. The predicted octanol–water partition coefficient (Wildman–Crippen LogP) is 3.33. The molecule has 0 unspecified atom stereocenters. The van der Waals surface area contributed by atoms with Gasteiger partial charge in [0.05, 0.1) is 22.5 Å². The molecule has 0 aliphatic rings. The number of hydrogen-bond acceptors (Lipinski definition) is 4. The molecule has 12 heteroatoms. The number of halogens is 4. The molecule has 0 radical (unpaired) electrons. The van der Waals surface area contributed by atoms with Crippen LogP contribution >= 0.6 is 11.6 Å². The lowest BCUT2D eigenvalue weighted by Gasteiger charge is -2.31. The number of alkyl halides is 3. The summed E-state index contributed by atoms with van der Waals surface area (Å²) >= 11 is 6.02. The van der Waals surface area contributed by atoms with Crippen LogP contribution in [0.3, 0.4) is 0 Å². The van der Waals surface area contributed by atoms with E-state index in [4.69, 9.17) is 11.6 Å². The summed E-state index contributed by atoms with van der Waals surface area (Å²) in [5.74, 6) is -1.25. The average Bonchev–Trinajstić information content (AvgIpc) is 2.76. The normalized spacial score (nSPS) is 12.7. The highest BCUT2D eigenvalue weighted by atomic mass is 35.5. The van der Waals surface area contributed by atoms with Crippen molar-refractivity contribution >= 4 is 39.1 Å². The van der Waals surface area contributed by atoms with Gasteiger partial charge in [-0.2, -0.15) is 13.2 Å². The van der Waals surface area contributed by atoms with Crippen LogP contribution in [0.25, 0.3) is 0 Å². The molecular weight excluding hydrogens is 495 g/mol. The minimum atomic E-state index is -4.75. The Bertz CT molecular complexity index is 1130. The molecule has 0 aliphatic carbocycles. The van der Waals surface area contributed by atoms with Gasteiger partial charge in [-0.15, -0.1) is 0 Å². The van der Waals surface area contributed by atoms with Gasteiger partial charge in [0.25, 0.3) is 0 Å². The van der Waals surface area contributed by atoms with Gasteiger partial charge in [-0.1, -0.05) is 41.9 Å². The highest BCUT2D eigenvalue weighted by molar-refractivity contribution is 7.92. The van der Waals surface area contributed by atoms with Crippen LogP contribution in [0.1, 0.15) is 18.1 Å². The average molecular weight is 520 g/mol. The Morgan fingerprint density at radius 1 is 1.12 bits per heavy atom. The number of amides is 2. The molecule has 0 bridgehead atoms. The van der Waals surface area contributed by atoms with Crippen LogP contribution in [0, 0.1) is 0 Å². The molecule has 7 nitrogen and oxygen atoms in total. The Balaban J connectivity index is 2.41. The maximum Gasteiger partial charge on any atom is 0.416 e. The standard InChI is InChI=1S/C22H25ClF3N3O4S/c1-15(21(31)27-2)28(12-11-16-7-5-4-6-8-16)20(30)14-29(34(3,32)33)19-13-17(22(24,25)26)9-10-18(19)23/h4-10,13,15H,11-12,14H2,1-3H3,(H,27,31)/t15-/m0/s1. The lowest BCUT2D eigenvalue weighted by molar-refractivity contribution is -0.138. The van der Waals surface area contributed by atoms with E-state index in [1.165, 1.54) is 18.9 Å². The van der Waals surface area contributed by atoms with Crippen LogP contribution in [0.2, 0.25) is 5.02 Å². The summed E-state index contributed by atoms with van der Waals surface area (Å²) in [6.45, 7) is 0.713. The van der Waals surface area contributed by atoms with E-state index >= 15 is 0 Å². The molecule has 0 saturated carbocycles. The molecule has 0 saturated heterocycles. The van der Waals surface area contributed by atoms with Crippen LogP contribution in [-0.2, 0) is 32.2 Å². The van der Waals surface area contributed by atoms with Gasteiger partial charge in [-0.05, 0) is 37.1 Å². The van der Waals surface area contributed by atoms with Crippen molar-refractivity contribution in [2.75, 3.05) is 30.7 Å². The van der Waals surface area contributed by atoms with E-state index in [0.717, 1.165) is 17.9 Å². The molecule has 0 aliphatic heterocycles. The number of hydrogen-bond donors (Lipinski definition) is 1. The number of anilines is 1. The van der Waals surface area contributed by atoms with E-state index in [0.29, 0.717) is 22.9 Å². The summed E-state index contributed by atoms with van der Waals surface area (Å²) in [5.41, 5.74) is -0.721. The van der Waals surface area contributed by atoms with Gasteiger partial charge >= 0.3 is 6.18 Å². The van der Waals surface area contributed by atoms with Crippen molar-refractivity contribution in [1.29, 1.82) is 0 Å². The van der Waals surface area contributed by atoms with Crippen molar-refractivity contribution in [2.45, 2.75) is 25.6 Å². The van der Waals surface area contributed by atoms with Gasteiger partial charge < -0.3 is 10.2 Å². The zero-order chi connectivity index (χ0) is 25.7. The fraction of sp³-hybridized carbons (Fsp3) is 0.364. The van der Waals surface area contributed by atoms with Gasteiger partial charge in [0.2, 0.25) is 21.8 Å². The third kappa shape index (κ3) is 7.10. The summed E-state index contributed by atoms with van der Waals surface area (Å²) in [6.07, 6.45) is -3.62. The van der Waals surface area contributed by atoms with Crippen LogP contribution < -0.4 is 9.62 Å². The third-order valence-corrected chi connectivity index (χ3v) is 6.57. The van der Waals surface area contributed by atoms with Crippen molar-refractivity contribution in [3.8, 4) is 0 Å². The summed E-state index contributed by atoms with van der Waals surface area (Å²) in [6, 6.07) is 10.4. The number of carbonyl (C=O) groups is 2. The van der Waals surface area contributed by atoms with Crippen LogP contribution in [0.15, 0.2) is 48.5 Å². The van der Waals surface area contributed by atoms with Crippen LogP contribution in [-0.4, -0.2) is 57.6 Å². The van der Waals surface area contributed by atoms with E-state index in [2.05, 4.69) is 5.32 Å². The highest BCUT2D eigenvalue weighted by Gasteiger charge is 2.34. The monoisotopic (exact) mass is 519 g/mol. The zero-order valence-electron chi connectivity index (χ0n) is 18.8. The molecule has 0 fully saturated rings. The van der Waals surface area contributed by atoms with Crippen LogP contribution in [0.5, 0.6) is 0 Å². The van der Waals surface area contributed by atoms with Crippen molar-refractivity contribution in [3.63, 3.8) is 0 Å². The lowest BCUT2D eigenvalue weighted by Crippen LogP contribution is -2.51. The third-order valence-electron chi connectivity index (χ3n) is 5.12. The first-order valence-electron chi connectivity index (χ1n) is 10.1. The summed E-state index contributed by atoms with van der Waals surface area (Å²) < 4.78 is 65.1. The van der Waals surface area contributed by atoms with Crippen LogP contribution in [0.4, 0.5) is 18.9 Å². The first-order valence-corrected chi connectivity index (χ1v) is 12.4. The van der Waals surface area contributed by atoms with Gasteiger partial charge in [-0.3, -0.25) is 13.9 Å². The second kappa shape index (κ2) is 11.1. The lowest BCUT2D eigenvalue weighted by atomic mass is 10.1. The fourth-order valence-corrected chi connectivity index (χ4v) is 4.38. The molecule has 34 heavy (non-hydrogen) atoms. The highest BCUT2D eigenvalue weighted by Crippen LogP contribution is 2.36. The number of benzene rings is 2. The number of carbonyl (C=O) groups excluding carboxylic acids is 2. The number of likely N-dealkylation sites (N-methyl/N-ethyl adjacent to an activating group) is 1. The first-order chi connectivity index (χ1) is 15.8. The Morgan fingerprint density at radius 2 is 1.74 bits per heavy atom. The molecule has 186 valence electrons. The van der Waals surface area contributed by atoms with Crippen molar-refractivity contribution in [1.82, 2.24) is 10.2 Å². The molecular formula is C22H25ClF3N3O4S. The Morgan fingerprint density at radius 3 is 2.26 bits per heavy atom. The van der Waals surface area contributed by atoms with Gasteiger partial charge in [-0.25, -0.2) is 8.42 Å². The first kappa shape index (κ1) is 27.5. The number of nitrogens with zero attached hydrogens (tertiary/aromatic N) is 2. The Labute approximate surface area is 201 Å². The predicted molar refractivity (Wildman–Crippen MR) is 124 cm³/mol. The summed E-state index contributed by atoms with van der Waals surface area (Å²) in [7, 11) is -2.82. The van der Waals surface area contributed by atoms with Crippen molar-refractivity contribution in [3.05, 3.63) is 64.7 Å². The Kier molecular flexibility index (Phi) is 8.96. The molecule has 2 amide bonds. The maximum absolute atomic E-state index is 13.2. The smallest absolute Gasteiger partial charge is 0.357 e. The fourth-order valence-electron chi connectivity index (χ4n) is 3.25. The van der Waals surface area contributed by atoms with Gasteiger partial charge in [0.15, 0.2) is 0 Å². The minimum absolute atomic E-state index is 0.0748. The molecule has 2 rings (SSSR count). The van der Waals surface area contributed by atoms with E-state index in [1.54, 1.807) is 0 Å². The van der Waals surface area contributed by atoms with E-state index < -0.39 is 51.9 Å². The molecule has 2 aromatic carbocycles. The molecule has 1 N–H and O–H groups in total. The van der Waals surface area contributed by atoms with Gasteiger partial charge in [0.1, 0.15) is 12.6 Å². The number of sulfonamides is 1. The largest absolute Gasteiger partial charge is 0.416 e. The van der Waals surface area contributed by atoms with Crippen molar-refractivity contribution in [2.24, 2.45) is 0 Å². The Hall–Kier alpha value is -2.79. The second-order valence-corrected chi connectivity index (χ2v) is 9.86. The molecule has 0 spiro atoms. The molecule has 1 atom stereocenters.